The summed E-state index contributed by atoms with van der Waals surface area (Å²) in [6.45, 7) is 4.41. The van der Waals surface area contributed by atoms with Gasteiger partial charge in [-0.3, -0.25) is 0 Å². The number of hydrogen-bond acceptors (Lipinski definition) is 1. The molecule has 2 bridgehead atoms. The molecule has 2 rings (SSSR count). The topological polar surface area (TPSA) is 20.2 Å². The molecular weight excluding hydrogens is 160 g/mol. The molecule has 1 N–H and O–H groups in total. The summed E-state index contributed by atoms with van der Waals surface area (Å²) in [6, 6.07) is 0. The van der Waals surface area contributed by atoms with E-state index in [0.29, 0.717) is 11.8 Å². The minimum Gasteiger partial charge on any atom is -0.393 e. The van der Waals surface area contributed by atoms with E-state index in [1.165, 1.54) is 25.7 Å². The summed E-state index contributed by atoms with van der Waals surface area (Å²) in [5, 5.41) is 10.0. The summed E-state index contributed by atoms with van der Waals surface area (Å²) in [4.78, 5) is 0. The molecule has 0 spiro atoms. The maximum atomic E-state index is 10.0. The molecule has 76 valence electrons. The van der Waals surface area contributed by atoms with Gasteiger partial charge in [-0.25, -0.2) is 0 Å². The van der Waals surface area contributed by atoms with Gasteiger partial charge in [-0.1, -0.05) is 20.3 Å². The van der Waals surface area contributed by atoms with Crippen LogP contribution in [-0.4, -0.2) is 11.2 Å². The molecule has 0 radical (unpaired) electrons. The molecule has 1 nitrogen and oxygen atoms in total. The van der Waals surface area contributed by atoms with Crippen LogP contribution in [0.4, 0.5) is 0 Å². The molecule has 4 unspecified atom stereocenters. The third kappa shape index (κ3) is 1.90. The van der Waals surface area contributed by atoms with Gasteiger partial charge in [-0.05, 0) is 49.4 Å². The lowest BCUT2D eigenvalue weighted by atomic mass is 9.82. The Morgan fingerprint density at radius 3 is 2.46 bits per heavy atom. The van der Waals surface area contributed by atoms with Gasteiger partial charge in [0.1, 0.15) is 0 Å². The monoisotopic (exact) mass is 182 g/mol. The summed E-state index contributed by atoms with van der Waals surface area (Å²) in [7, 11) is 0. The lowest BCUT2D eigenvalue weighted by molar-refractivity contribution is 0.0573. The first-order chi connectivity index (χ1) is 6.16. The molecule has 0 saturated heterocycles. The van der Waals surface area contributed by atoms with Gasteiger partial charge in [-0.2, -0.15) is 0 Å². The van der Waals surface area contributed by atoms with E-state index in [4.69, 9.17) is 0 Å². The summed E-state index contributed by atoms with van der Waals surface area (Å²) in [6.07, 6.45) is 6.57. The Kier molecular flexibility index (Phi) is 2.64. The van der Waals surface area contributed by atoms with E-state index >= 15 is 0 Å². The van der Waals surface area contributed by atoms with Crippen LogP contribution in [0.2, 0.25) is 0 Å². The lowest BCUT2D eigenvalue weighted by Gasteiger charge is -2.27. The van der Waals surface area contributed by atoms with Crippen LogP contribution in [0.15, 0.2) is 0 Å². The first-order valence-corrected chi connectivity index (χ1v) is 5.85. The second-order valence-corrected chi connectivity index (χ2v) is 5.54. The standard InChI is InChI=1S/C12H22O/c1-8(2)5-12(13)11-7-9-3-4-10(11)6-9/h8-13H,3-7H2,1-2H3. The quantitative estimate of drug-likeness (QED) is 0.711. The highest BCUT2D eigenvalue weighted by Crippen LogP contribution is 2.50. The first kappa shape index (κ1) is 9.51. The zero-order chi connectivity index (χ0) is 9.42. The van der Waals surface area contributed by atoms with Crippen molar-refractivity contribution < 1.29 is 5.11 Å². The van der Waals surface area contributed by atoms with Crippen LogP contribution in [0.1, 0.15) is 46.0 Å². The van der Waals surface area contributed by atoms with Crippen molar-refractivity contribution in [2.45, 2.75) is 52.1 Å². The van der Waals surface area contributed by atoms with E-state index in [1.54, 1.807) is 0 Å². The Morgan fingerprint density at radius 1 is 1.23 bits per heavy atom. The van der Waals surface area contributed by atoms with Crippen molar-refractivity contribution in [3.05, 3.63) is 0 Å². The second-order valence-electron chi connectivity index (χ2n) is 5.54. The Balaban J connectivity index is 1.87. The Morgan fingerprint density at radius 2 is 2.00 bits per heavy atom. The molecule has 2 saturated carbocycles. The third-order valence-electron chi connectivity index (χ3n) is 4.00. The van der Waals surface area contributed by atoms with Gasteiger partial charge >= 0.3 is 0 Å². The van der Waals surface area contributed by atoms with Crippen molar-refractivity contribution >= 4 is 0 Å². The number of aliphatic hydroxyl groups is 1. The van der Waals surface area contributed by atoms with Gasteiger partial charge in [0.25, 0.3) is 0 Å². The first-order valence-electron chi connectivity index (χ1n) is 5.85. The van der Waals surface area contributed by atoms with Crippen molar-refractivity contribution in [1.29, 1.82) is 0 Å². The van der Waals surface area contributed by atoms with E-state index in [-0.39, 0.29) is 6.10 Å². The number of fused-ring (bicyclic) bond motifs is 2. The maximum absolute atomic E-state index is 10.0. The molecular formula is C12H22O. The fourth-order valence-electron chi connectivity index (χ4n) is 3.42. The molecule has 0 aromatic heterocycles. The Hall–Kier alpha value is -0.0400. The van der Waals surface area contributed by atoms with E-state index in [0.717, 1.165) is 18.3 Å². The maximum Gasteiger partial charge on any atom is 0.0573 e. The molecule has 0 aromatic carbocycles. The van der Waals surface area contributed by atoms with Crippen LogP contribution in [-0.2, 0) is 0 Å². The lowest BCUT2D eigenvalue weighted by Crippen LogP contribution is -2.26. The highest BCUT2D eigenvalue weighted by atomic mass is 16.3. The molecule has 0 aliphatic heterocycles. The van der Waals surface area contributed by atoms with E-state index in [9.17, 15) is 5.11 Å². The zero-order valence-corrected chi connectivity index (χ0v) is 8.87. The minimum atomic E-state index is -0.00435. The molecule has 2 fully saturated rings. The zero-order valence-electron chi connectivity index (χ0n) is 8.87. The molecule has 13 heavy (non-hydrogen) atoms. The largest absolute Gasteiger partial charge is 0.393 e. The highest BCUT2D eigenvalue weighted by molar-refractivity contribution is 4.93. The summed E-state index contributed by atoms with van der Waals surface area (Å²) in [5.41, 5.74) is 0. The fourth-order valence-corrected chi connectivity index (χ4v) is 3.42. The average Bonchev–Trinajstić information content (AvgIpc) is 2.62. The predicted molar refractivity (Wildman–Crippen MR) is 54.4 cm³/mol. The number of aliphatic hydroxyl groups excluding tert-OH is 1. The van der Waals surface area contributed by atoms with Crippen molar-refractivity contribution in [2.24, 2.45) is 23.7 Å². The summed E-state index contributed by atoms with van der Waals surface area (Å²) < 4.78 is 0. The van der Waals surface area contributed by atoms with Gasteiger partial charge in [-0.15, -0.1) is 0 Å². The highest BCUT2D eigenvalue weighted by Gasteiger charge is 2.42. The van der Waals surface area contributed by atoms with Gasteiger partial charge in [0.05, 0.1) is 6.10 Å². The van der Waals surface area contributed by atoms with Crippen LogP contribution in [0, 0.1) is 23.7 Å². The van der Waals surface area contributed by atoms with Crippen LogP contribution in [0.5, 0.6) is 0 Å². The van der Waals surface area contributed by atoms with Crippen LogP contribution in [0.25, 0.3) is 0 Å². The molecule has 1 heteroatoms. The summed E-state index contributed by atoms with van der Waals surface area (Å²) in [5.74, 6) is 3.14. The Bertz CT molecular complexity index is 176. The van der Waals surface area contributed by atoms with E-state index < -0.39 is 0 Å². The fraction of sp³-hybridized carbons (Fsp3) is 1.00. The molecule has 2 aliphatic carbocycles. The van der Waals surface area contributed by atoms with Crippen LogP contribution < -0.4 is 0 Å². The molecule has 2 aliphatic rings. The molecule has 0 aromatic rings. The number of hydrogen-bond donors (Lipinski definition) is 1. The molecule has 4 atom stereocenters. The van der Waals surface area contributed by atoms with Gasteiger partial charge in [0.15, 0.2) is 0 Å². The van der Waals surface area contributed by atoms with Crippen molar-refractivity contribution in [2.75, 3.05) is 0 Å². The average molecular weight is 182 g/mol. The van der Waals surface area contributed by atoms with Gasteiger partial charge in [0, 0.05) is 0 Å². The van der Waals surface area contributed by atoms with Crippen molar-refractivity contribution in [3.8, 4) is 0 Å². The predicted octanol–water partition coefficient (Wildman–Crippen LogP) is 2.83. The summed E-state index contributed by atoms with van der Waals surface area (Å²) >= 11 is 0. The molecule has 0 amide bonds. The van der Waals surface area contributed by atoms with Crippen LogP contribution in [0.3, 0.4) is 0 Å². The van der Waals surface area contributed by atoms with Gasteiger partial charge < -0.3 is 5.11 Å². The van der Waals surface area contributed by atoms with Crippen LogP contribution >= 0.6 is 0 Å². The number of rotatable bonds is 3. The molecule has 0 heterocycles. The van der Waals surface area contributed by atoms with Crippen molar-refractivity contribution in [1.82, 2.24) is 0 Å². The minimum absolute atomic E-state index is 0.00435. The van der Waals surface area contributed by atoms with E-state index in [2.05, 4.69) is 13.8 Å². The third-order valence-corrected chi connectivity index (χ3v) is 4.00. The van der Waals surface area contributed by atoms with E-state index in [1.807, 2.05) is 0 Å². The normalized spacial score (nSPS) is 40.2. The smallest absolute Gasteiger partial charge is 0.0573 e. The Labute approximate surface area is 81.5 Å². The second kappa shape index (κ2) is 3.61. The van der Waals surface area contributed by atoms with Gasteiger partial charge in [0.2, 0.25) is 0 Å². The van der Waals surface area contributed by atoms with Crippen molar-refractivity contribution in [3.63, 3.8) is 0 Å². The SMILES string of the molecule is CC(C)CC(O)C1CC2CCC1C2.